The number of methoxy groups -OCH3 is 1. The van der Waals surface area contributed by atoms with Crippen molar-refractivity contribution in [1.82, 2.24) is 0 Å². The lowest BCUT2D eigenvalue weighted by atomic mass is 10.0. The van der Waals surface area contributed by atoms with E-state index in [1.807, 2.05) is 66.7 Å². The van der Waals surface area contributed by atoms with Gasteiger partial charge in [-0.15, -0.1) is 0 Å². The number of anilines is 2. The van der Waals surface area contributed by atoms with Gasteiger partial charge in [-0.1, -0.05) is 54.6 Å². The fourth-order valence-corrected chi connectivity index (χ4v) is 3.81. The topological polar surface area (TPSA) is 55.8 Å². The van der Waals surface area contributed by atoms with Crippen molar-refractivity contribution < 1.29 is 19.1 Å². The number of rotatable bonds is 5. The highest BCUT2D eigenvalue weighted by Crippen LogP contribution is 2.36. The second kappa shape index (κ2) is 8.82. The number of aryl methyl sites for hydroxylation is 2. The smallest absolute Gasteiger partial charge is 0.310 e. The summed E-state index contributed by atoms with van der Waals surface area (Å²) in [7, 11) is 1.56. The molecule has 0 aliphatic carbocycles. The van der Waals surface area contributed by atoms with E-state index in [-0.39, 0.29) is 18.9 Å². The lowest BCUT2D eigenvalue weighted by Gasteiger charge is -2.24. The van der Waals surface area contributed by atoms with Crippen molar-refractivity contribution >= 4 is 23.3 Å². The number of fused-ring (bicyclic) bond motifs is 2. The van der Waals surface area contributed by atoms with Crippen LogP contribution in [0.2, 0.25) is 0 Å². The van der Waals surface area contributed by atoms with Crippen molar-refractivity contribution in [1.29, 1.82) is 0 Å². The number of hydrogen-bond acceptors (Lipinski definition) is 4. The highest BCUT2D eigenvalue weighted by atomic mass is 16.5. The number of hydrogen-bond donors (Lipinski definition) is 0. The molecule has 1 aliphatic heterocycles. The van der Waals surface area contributed by atoms with Crippen molar-refractivity contribution in [2.45, 2.75) is 19.3 Å². The van der Waals surface area contributed by atoms with Gasteiger partial charge in [-0.2, -0.15) is 0 Å². The van der Waals surface area contributed by atoms with Crippen molar-refractivity contribution in [3.8, 4) is 5.75 Å². The number of carbonyl (C=O) groups is 2. The van der Waals surface area contributed by atoms with Crippen LogP contribution in [0.3, 0.4) is 0 Å². The standard InChI is InChI=1S/C25H23NO4/c1-29-23-13-7-4-10-20(23)16-25(28)30-17-24(27)26-21-11-5-2-8-18(21)14-15-19-9-3-6-12-22(19)26/h2-13H,14-17H2,1H3. The molecule has 0 atom stereocenters. The SMILES string of the molecule is COc1ccccc1CC(=O)OCC(=O)N1c2ccccc2CCc2ccccc21. The summed E-state index contributed by atoms with van der Waals surface area (Å²) in [4.78, 5) is 27.2. The molecule has 3 aromatic rings. The Morgan fingerprint density at radius 1 is 0.833 bits per heavy atom. The lowest BCUT2D eigenvalue weighted by Crippen LogP contribution is -2.31. The maximum atomic E-state index is 13.2. The molecule has 0 bridgehead atoms. The summed E-state index contributed by atoms with van der Waals surface area (Å²) in [6.07, 6.45) is 1.75. The van der Waals surface area contributed by atoms with Gasteiger partial charge in [-0.05, 0) is 42.2 Å². The zero-order valence-corrected chi connectivity index (χ0v) is 16.8. The number of carbonyl (C=O) groups excluding carboxylic acids is 2. The van der Waals surface area contributed by atoms with E-state index in [0.29, 0.717) is 5.75 Å². The van der Waals surface area contributed by atoms with Crippen LogP contribution in [0.5, 0.6) is 5.75 Å². The molecule has 0 saturated carbocycles. The van der Waals surface area contributed by atoms with Crippen molar-refractivity contribution in [2.24, 2.45) is 0 Å². The second-order valence-electron chi connectivity index (χ2n) is 7.14. The van der Waals surface area contributed by atoms with E-state index >= 15 is 0 Å². The first-order valence-electron chi connectivity index (χ1n) is 9.93. The Kier molecular flexibility index (Phi) is 5.80. The number of esters is 1. The minimum atomic E-state index is -0.468. The highest BCUT2D eigenvalue weighted by Gasteiger charge is 2.26. The Hall–Kier alpha value is -3.60. The van der Waals surface area contributed by atoms with Crippen LogP contribution in [0.15, 0.2) is 72.8 Å². The zero-order valence-electron chi connectivity index (χ0n) is 16.8. The molecule has 0 radical (unpaired) electrons. The number of benzene rings is 3. The predicted octanol–water partition coefficient (Wildman–Crippen LogP) is 4.24. The third kappa shape index (κ3) is 4.06. The Bertz CT molecular complexity index is 1030. The maximum absolute atomic E-state index is 13.2. The van der Waals surface area contributed by atoms with Gasteiger partial charge in [0.15, 0.2) is 6.61 Å². The van der Waals surface area contributed by atoms with E-state index in [9.17, 15) is 9.59 Å². The lowest BCUT2D eigenvalue weighted by molar-refractivity contribution is -0.147. The maximum Gasteiger partial charge on any atom is 0.310 e. The fourth-order valence-electron chi connectivity index (χ4n) is 3.81. The number of nitrogens with zero attached hydrogens (tertiary/aromatic N) is 1. The van der Waals surface area contributed by atoms with Crippen LogP contribution < -0.4 is 9.64 Å². The van der Waals surface area contributed by atoms with Gasteiger partial charge in [-0.3, -0.25) is 14.5 Å². The van der Waals surface area contributed by atoms with Crippen LogP contribution in [-0.2, 0) is 33.6 Å². The van der Waals surface area contributed by atoms with E-state index in [1.165, 1.54) is 0 Å². The van der Waals surface area contributed by atoms with E-state index in [0.717, 1.165) is 40.9 Å². The first-order chi connectivity index (χ1) is 14.7. The largest absolute Gasteiger partial charge is 0.496 e. The molecule has 1 amide bonds. The monoisotopic (exact) mass is 401 g/mol. The fraction of sp³-hybridized carbons (Fsp3) is 0.200. The molecular formula is C25H23NO4. The number of ether oxygens (including phenoxy) is 2. The van der Waals surface area contributed by atoms with Gasteiger partial charge in [0.05, 0.1) is 24.9 Å². The summed E-state index contributed by atoms with van der Waals surface area (Å²) in [5, 5.41) is 0. The van der Waals surface area contributed by atoms with Crippen molar-refractivity contribution in [3.63, 3.8) is 0 Å². The molecule has 1 aliphatic rings. The Labute approximate surface area is 175 Å². The molecule has 0 unspecified atom stereocenters. The van der Waals surface area contributed by atoms with Crippen molar-refractivity contribution in [3.05, 3.63) is 89.5 Å². The summed E-state index contributed by atoms with van der Waals surface area (Å²) in [5.74, 6) is -0.120. The molecule has 0 N–H and O–H groups in total. The molecule has 4 rings (SSSR count). The molecule has 30 heavy (non-hydrogen) atoms. The van der Waals surface area contributed by atoms with Crippen LogP contribution >= 0.6 is 0 Å². The van der Waals surface area contributed by atoms with Gasteiger partial charge in [0.25, 0.3) is 5.91 Å². The first kappa shape index (κ1) is 19.7. The van der Waals surface area contributed by atoms with Crippen LogP contribution in [0, 0.1) is 0 Å². The predicted molar refractivity (Wildman–Crippen MR) is 115 cm³/mol. The third-order valence-electron chi connectivity index (χ3n) is 5.26. The minimum Gasteiger partial charge on any atom is -0.496 e. The average molecular weight is 401 g/mol. The molecular weight excluding hydrogens is 378 g/mol. The quantitative estimate of drug-likeness (QED) is 0.600. The van der Waals surface area contributed by atoms with E-state index < -0.39 is 5.97 Å². The average Bonchev–Trinajstić information content (AvgIpc) is 2.95. The second-order valence-corrected chi connectivity index (χ2v) is 7.14. The van der Waals surface area contributed by atoms with E-state index in [4.69, 9.17) is 9.47 Å². The first-order valence-corrected chi connectivity index (χ1v) is 9.93. The van der Waals surface area contributed by atoms with Gasteiger partial charge in [0.2, 0.25) is 0 Å². The molecule has 5 nitrogen and oxygen atoms in total. The third-order valence-corrected chi connectivity index (χ3v) is 5.26. The molecule has 5 heteroatoms. The molecule has 152 valence electrons. The molecule has 0 fully saturated rings. The Morgan fingerprint density at radius 3 is 2.03 bits per heavy atom. The summed E-state index contributed by atoms with van der Waals surface area (Å²) in [5.41, 5.74) is 4.61. The highest BCUT2D eigenvalue weighted by molar-refractivity contribution is 6.03. The zero-order chi connectivity index (χ0) is 20.9. The molecule has 0 saturated heterocycles. The van der Waals surface area contributed by atoms with Crippen LogP contribution in [0.4, 0.5) is 11.4 Å². The van der Waals surface area contributed by atoms with Crippen LogP contribution in [0.25, 0.3) is 0 Å². The van der Waals surface area contributed by atoms with Gasteiger partial charge < -0.3 is 9.47 Å². The van der Waals surface area contributed by atoms with Gasteiger partial charge >= 0.3 is 5.97 Å². The summed E-state index contributed by atoms with van der Waals surface area (Å²) in [6.45, 7) is -0.323. The molecule has 1 heterocycles. The Balaban J connectivity index is 1.53. The minimum absolute atomic E-state index is 0.0461. The Morgan fingerprint density at radius 2 is 1.40 bits per heavy atom. The van der Waals surface area contributed by atoms with E-state index in [1.54, 1.807) is 18.1 Å². The summed E-state index contributed by atoms with van der Waals surface area (Å²) < 4.78 is 10.6. The van der Waals surface area contributed by atoms with Gasteiger partial charge in [0.1, 0.15) is 5.75 Å². The molecule has 3 aromatic carbocycles. The van der Waals surface area contributed by atoms with Gasteiger partial charge in [0, 0.05) is 5.56 Å². The normalized spacial score (nSPS) is 12.4. The van der Waals surface area contributed by atoms with E-state index in [2.05, 4.69) is 0 Å². The van der Waals surface area contributed by atoms with Gasteiger partial charge in [-0.25, -0.2) is 0 Å². The van der Waals surface area contributed by atoms with Crippen LogP contribution in [0.1, 0.15) is 16.7 Å². The number of para-hydroxylation sites is 3. The van der Waals surface area contributed by atoms with Crippen molar-refractivity contribution in [2.75, 3.05) is 18.6 Å². The number of amides is 1. The molecule has 0 spiro atoms. The van der Waals surface area contributed by atoms with Crippen LogP contribution in [-0.4, -0.2) is 25.6 Å². The molecule has 0 aromatic heterocycles. The summed E-state index contributed by atoms with van der Waals surface area (Å²) in [6, 6.07) is 23.0. The summed E-state index contributed by atoms with van der Waals surface area (Å²) >= 11 is 0.